The summed E-state index contributed by atoms with van der Waals surface area (Å²) in [6, 6.07) is 2.04. The first-order valence-corrected chi connectivity index (χ1v) is 9.81. The Bertz CT molecular complexity index is 675. The average molecular weight is 364 g/mol. The van der Waals surface area contributed by atoms with Gasteiger partial charge in [0.1, 0.15) is 6.54 Å². The lowest BCUT2D eigenvalue weighted by Crippen LogP contribution is -2.38. The summed E-state index contributed by atoms with van der Waals surface area (Å²) in [6.07, 6.45) is 2.15. The van der Waals surface area contributed by atoms with Crippen LogP contribution < -0.4 is 5.32 Å². The smallest absolute Gasteiger partial charge is 0.194 e. The molecule has 2 rings (SSSR count). The molecular formula is C18H29N5OS. The SMILES string of the molecule is CCNC(=NCc1cc(C(CC)CC)no1)N(C)Cc1csc(C)n1. The fourth-order valence-electron chi connectivity index (χ4n) is 2.72. The van der Waals surface area contributed by atoms with Gasteiger partial charge < -0.3 is 14.7 Å². The molecule has 0 spiro atoms. The van der Waals surface area contributed by atoms with Crippen LogP contribution in [0.5, 0.6) is 0 Å². The van der Waals surface area contributed by atoms with Gasteiger partial charge in [0.2, 0.25) is 0 Å². The summed E-state index contributed by atoms with van der Waals surface area (Å²) in [6.45, 7) is 10.5. The van der Waals surface area contributed by atoms with Gasteiger partial charge in [-0.25, -0.2) is 9.98 Å². The van der Waals surface area contributed by atoms with Gasteiger partial charge in [-0.3, -0.25) is 0 Å². The minimum absolute atomic E-state index is 0.463. The highest BCUT2D eigenvalue weighted by molar-refractivity contribution is 7.09. The Labute approximate surface area is 154 Å². The second-order valence-corrected chi connectivity index (χ2v) is 7.18. The maximum atomic E-state index is 5.47. The van der Waals surface area contributed by atoms with Crippen LogP contribution in [-0.2, 0) is 13.1 Å². The van der Waals surface area contributed by atoms with Gasteiger partial charge in [0.05, 0.1) is 22.9 Å². The molecule has 0 amide bonds. The number of thiazole rings is 1. The van der Waals surface area contributed by atoms with Gasteiger partial charge in [0, 0.05) is 31.0 Å². The Balaban J connectivity index is 2.03. The van der Waals surface area contributed by atoms with Crippen LogP contribution in [0.25, 0.3) is 0 Å². The van der Waals surface area contributed by atoms with Crippen molar-refractivity contribution in [1.29, 1.82) is 0 Å². The lowest BCUT2D eigenvalue weighted by atomic mass is 9.99. The fraction of sp³-hybridized carbons (Fsp3) is 0.611. The Kier molecular flexibility index (Phi) is 7.43. The van der Waals surface area contributed by atoms with Crippen molar-refractivity contribution < 1.29 is 4.52 Å². The van der Waals surface area contributed by atoms with Crippen LogP contribution in [0.4, 0.5) is 0 Å². The molecule has 0 aliphatic heterocycles. The predicted molar refractivity (Wildman–Crippen MR) is 103 cm³/mol. The molecule has 25 heavy (non-hydrogen) atoms. The summed E-state index contributed by atoms with van der Waals surface area (Å²) in [5.74, 6) is 2.11. The number of nitrogens with zero attached hydrogens (tertiary/aromatic N) is 4. The molecule has 2 heterocycles. The van der Waals surface area contributed by atoms with E-state index in [-0.39, 0.29) is 0 Å². The average Bonchev–Trinajstić information content (AvgIpc) is 3.22. The largest absolute Gasteiger partial charge is 0.359 e. The molecular weight excluding hydrogens is 334 g/mol. The zero-order chi connectivity index (χ0) is 18.2. The van der Waals surface area contributed by atoms with Crippen LogP contribution in [0.1, 0.15) is 61.7 Å². The van der Waals surface area contributed by atoms with Gasteiger partial charge in [-0.2, -0.15) is 0 Å². The van der Waals surface area contributed by atoms with Crippen molar-refractivity contribution >= 4 is 17.3 Å². The molecule has 0 aliphatic rings. The number of nitrogens with one attached hydrogen (secondary N) is 1. The third kappa shape index (κ3) is 5.56. The predicted octanol–water partition coefficient (Wildman–Crippen LogP) is 3.94. The Morgan fingerprint density at radius 3 is 2.72 bits per heavy atom. The van der Waals surface area contributed by atoms with Gasteiger partial charge in [0.25, 0.3) is 0 Å². The van der Waals surface area contributed by atoms with Crippen LogP contribution in [0, 0.1) is 6.92 Å². The van der Waals surface area contributed by atoms with Gasteiger partial charge in [-0.15, -0.1) is 11.3 Å². The Morgan fingerprint density at radius 2 is 2.12 bits per heavy atom. The van der Waals surface area contributed by atoms with Crippen molar-refractivity contribution in [1.82, 2.24) is 20.4 Å². The third-order valence-corrected chi connectivity index (χ3v) is 4.95. The standard InChI is InChI=1S/C18H29N5OS/c1-6-14(7-2)17-9-16(24-22-17)10-20-18(19-8-3)23(5)11-15-12-25-13(4)21-15/h9,12,14H,6-8,10-11H2,1-5H3,(H,19,20). The van der Waals surface area contributed by atoms with Crippen LogP contribution >= 0.6 is 11.3 Å². The molecule has 2 aromatic rings. The molecule has 0 unspecified atom stereocenters. The molecule has 0 bridgehead atoms. The highest BCUT2D eigenvalue weighted by Gasteiger charge is 2.13. The molecule has 0 saturated heterocycles. The van der Waals surface area contributed by atoms with Crippen LogP contribution in [0.3, 0.4) is 0 Å². The van der Waals surface area contributed by atoms with E-state index in [1.807, 2.05) is 20.0 Å². The van der Waals surface area contributed by atoms with E-state index < -0.39 is 0 Å². The molecule has 6 nitrogen and oxygen atoms in total. The van der Waals surface area contributed by atoms with Crippen molar-refractivity contribution in [3.05, 3.63) is 33.6 Å². The van der Waals surface area contributed by atoms with Crippen LogP contribution in [0.2, 0.25) is 0 Å². The van der Waals surface area contributed by atoms with E-state index >= 15 is 0 Å². The van der Waals surface area contributed by atoms with Gasteiger partial charge in [-0.05, 0) is 26.7 Å². The summed E-state index contributed by atoms with van der Waals surface area (Å²) in [4.78, 5) is 11.3. The third-order valence-electron chi connectivity index (χ3n) is 4.13. The Hall–Kier alpha value is -1.89. The molecule has 0 aromatic carbocycles. The first kappa shape index (κ1) is 19.4. The van der Waals surface area contributed by atoms with Crippen molar-refractivity contribution in [2.24, 2.45) is 4.99 Å². The summed E-state index contributed by atoms with van der Waals surface area (Å²) >= 11 is 1.67. The monoisotopic (exact) mass is 363 g/mol. The number of aliphatic imine (C=N–C) groups is 1. The number of aryl methyl sites for hydroxylation is 1. The maximum Gasteiger partial charge on any atom is 0.194 e. The van der Waals surface area contributed by atoms with E-state index in [1.54, 1.807) is 11.3 Å². The molecule has 2 aromatic heterocycles. The maximum absolute atomic E-state index is 5.47. The molecule has 0 atom stereocenters. The van der Waals surface area contributed by atoms with E-state index in [0.717, 1.165) is 54.0 Å². The number of rotatable bonds is 8. The first-order chi connectivity index (χ1) is 12.1. The van der Waals surface area contributed by atoms with Gasteiger partial charge in [0.15, 0.2) is 11.7 Å². The molecule has 0 aliphatic carbocycles. The van der Waals surface area contributed by atoms with E-state index in [4.69, 9.17) is 4.52 Å². The normalized spacial score (nSPS) is 12.0. The van der Waals surface area contributed by atoms with E-state index in [9.17, 15) is 0 Å². The highest BCUT2D eigenvalue weighted by atomic mass is 32.1. The van der Waals surface area contributed by atoms with Gasteiger partial charge >= 0.3 is 0 Å². The van der Waals surface area contributed by atoms with E-state index in [1.165, 1.54) is 0 Å². The van der Waals surface area contributed by atoms with Crippen LogP contribution in [-0.4, -0.2) is 34.6 Å². The second kappa shape index (κ2) is 9.56. The Morgan fingerprint density at radius 1 is 1.36 bits per heavy atom. The van der Waals surface area contributed by atoms with Crippen LogP contribution in [0.15, 0.2) is 21.0 Å². The van der Waals surface area contributed by atoms with E-state index in [2.05, 4.69) is 51.5 Å². The summed E-state index contributed by atoms with van der Waals surface area (Å²) in [7, 11) is 2.02. The lowest BCUT2D eigenvalue weighted by molar-refractivity contribution is 0.371. The van der Waals surface area contributed by atoms with Crippen molar-refractivity contribution in [3.63, 3.8) is 0 Å². The molecule has 7 heteroatoms. The number of aromatic nitrogens is 2. The van der Waals surface area contributed by atoms with Crippen molar-refractivity contribution in [3.8, 4) is 0 Å². The molecule has 0 radical (unpaired) electrons. The van der Waals surface area contributed by atoms with Crippen molar-refractivity contribution in [2.75, 3.05) is 13.6 Å². The fourth-order valence-corrected chi connectivity index (χ4v) is 3.33. The topological polar surface area (TPSA) is 66.6 Å². The second-order valence-electron chi connectivity index (χ2n) is 6.12. The summed E-state index contributed by atoms with van der Waals surface area (Å²) in [5.41, 5.74) is 2.10. The molecule has 0 fully saturated rings. The minimum Gasteiger partial charge on any atom is -0.359 e. The number of hydrogen-bond acceptors (Lipinski definition) is 5. The summed E-state index contributed by atoms with van der Waals surface area (Å²) < 4.78 is 5.47. The molecule has 138 valence electrons. The van der Waals surface area contributed by atoms with Crippen molar-refractivity contribution in [2.45, 2.75) is 59.5 Å². The number of hydrogen-bond donors (Lipinski definition) is 1. The number of guanidine groups is 1. The first-order valence-electron chi connectivity index (χ1n) is 8.93. The summed E-state index contributed by atoms with van der Waals surface area (Å²) in [5, 5.41) is 10.7. The minimum atomic E-state index is 0.463. The van der Waals surface area contributed by atoms with E-state index in [0.29, 0.717) is 12.5 Å². The molecule has 0 saturated carbocycles. The van der Waals surface area contributed by atoms with Gasteiger partial charge in [-0.1, -0.05) is 19.0 Å². The molecule has 1 N–H and O–H groups in total. The zero-order valence-electron chi connectivity index (χ0n) is 15.9. The lowest BCUT2D eigenvalue weighted by Gasteiger charge is -2.20. The quantitative estimate of drug-likeness (QED) is 0.568. The highest BCUT2D eigenvalue weighted by Crippen LogP contribution is 2.22. The zero-order valence-corrected chi connectivity index (χ0v) is 16.7.